The van der Waals surface area contributed by atoms with Gasteiger partial charge in [-0.05, 0) is 6.07 Å². The van der Waals surface area contributed by atoms with E-state index in [0.717, 1.165) is 10.5 Å². The molecule has 1 heterocycles. The second-order valence-electron chi connectivity index (χ2n) is 2.00. The molecule has 0 bridgehead atoms. The Hall–Kier alpha value is -0.740. The molecule has 0 aromatic carbocycles. The highest BCUT2D eigenvalue weighted by atomic mass is 32.2. The Morgan fingerprint density at radius 2 is 2.36 bits per heavy atom. The number of nitrogens with zero attached hydrogens (tertiary/aromatic N) is 1. The SMILES string of the molecule is NCCSc1cccc[n+]1[O-]. The number of hydrogen-bond acceptors (Lipinski definition) is 3. The van der Waals surface area contributed by atoms with E-state index in [1.54, 1.807) is 12.1 Å². The summed E-state index contributed by atoms with van der Waals surface area (Å²) in [7, 11) is 0. The fourth-order valence-corrected chi connectivity index (χ4v) is 1.38. The number of rotatable bonds is 3. The van der Waals surface area contributed by atoms with Gasteiger partial charge in [-0.3, -0.25) is 0 Å². The van der Waals surface area contributed by atoms with Crippen molar-refractivity contribution in [1.82, 2.24) is 0 Å². The van der Waals surface area contributed by atoms with E-state index in [1.165, 1.54) is 18.0 Å². The summed E-state index contributed by atoms with van der Waals surface area (Å²) in [6.45, 7) is 0.597. The molecule has 0 unspecified atom stereocenters. The van der Waals surface area contributed by atoms with E-state index in [0.29, 0.717) is 11.6 Å². The summed E-state index contributed by atoms with van der Waals surface area (Å²) in [5.41, 5.74) is 5.29. The van der Waals surface area contributed by atoms with Crippen LogP contribution in [0.5, 0.6) is 0 Å². The normalized spacial score (nSPS) is 9.91. The maximum absolute atomic E-state index is 11.0. The Morgan fingerprint density at radius 1 is 1.55 bits per heavy atom. The van der Waals surface area contributed by atoms with E-state index in [9.17, 15) is 5.21 Å². The largest absolute Gasteiger partial charge is 0.618 e. The molecule has 0 spiro atoms. The molecule has 11 heavy (non-hydrogen) atoms. The summed E-state index contributed by atoms with van der Waals surface area (Å²) in [6.07, 6.45) is 1.48. The number of pyridine rings is 1. The van der Waals surface area contributed by atoms with Crippen LogP contribution < -0.4 is 10.5 Å². The van der Waals surface area contributed by atoms with Crippen molar-refractivity contribution in [2.75, 3.05) is 12.3 Å². The second-order valence-corrected chi connectivity index (χ2v) is 3.12. The third kappa shape index (κ3) is 2.40. The molecule has 3 nitrogen and oxygen atoms in total. The zero-order chi connectivity index (χ0) is 8.10. The Morgan fingerprint density at radius 3 is 3.00 bits per heavy atom. The fourth-order valence-electron chi connectivity index (χ4n) is 0.688. The van der Waals surface area contributed by atoms with E-state index in [-0.39, 0.29) is 0 Å². The van der Waals surface area contributed by atoms with Crippen molar-refractivity contribution >= 4 is 11.8 Å². The number of hydrogen-bond donors (Lipinski definition) is 1. The summed E-state index contributed by atoms with van der Waals surface area (Å²) in [4.78, 5) is 0. The molecule has 1 aromatic heterocycles. The molecule has 1 rings (SSSR count). The molecule has 0 saturated heterocycles. The minimum absolute atomic E-state index is 0.597. The van der Waals surface area contributed by atoms with Gasteiger partial charge in [0.25, 0.3) is 5.03 Å². The first-order valence-corrected chi connectivity index (χ1v) is 4.34. The molecule has 0 saturated carbocycles. The van der Waals surface area contributed by atoms with Gasteiger partial charge in [-0.1, -0.05) is 11.8 Å². The predicted octanol–water partition coefficient (Wildman–Crippen LogP) is 0.371. The zero-order valence-electron chi connectivity index (χ0n) is 6.06. The molecule has 0 radical (unpaired) electrons. The average Bonchev–Trinajstić information content (AvgIpc) is 2.03. The summed E-state index contributed by atoms with van der Waals surface area (Å²) >= 11 is 1.47. The van der Waals surface area contributed by atoms with Crippen LogP contribution in [0.3, 0.4) is 0 Å². The van der Waals surface area contributed by atoms with Crippen LogP contribution in [0.25, 0.3) is 0 Å². The molecular formula is C7H10N2OS. The van der Waals surface area contributed by atoms with Crippen LogP contribution in [-0.4, -0.2) is 12.3 Å². The molecule has 4 heteroatoms. The van der Waals surface area contributed by atoms with Crippen LogP contribution in [0.2, 0.25) is 0 Å². The maximum atomic E-state index is 11.0. The number of nitrogens with two attached hydrogens (primary N) is 1. The van der Waals surface area contributed by atoms with Crippen LogP contribution >= 0.6 is 11.8 Å². The van der Waals surface area contributed by atoms with Crippen molar-refractivity contribution in [2.24, 2.45) is 5.73 Å². The fraction of sp³-hybridized carbons (Fsp3) is 0.286. The van der Waals surface area contributed by atoms with Crippen molar-refractivity contribution in [2.45, 2.75) is 5.03 Å². The molecule has 60 valence electrons. The molecule has 1 aromatic rings. The van der Waals surface area contributed by atoms with Gasteiger partial charge in [0, 0.05) is 24.4 Å². The molecule has 2 N–H and O–H groups in total. The second kappa shape index (κ2) is 4.20. The standard InChI is InChI=1S/C7H10N2OS/c8-4-6-11-7-3-1-2-5-9(7)10/h1-3,5H,4,6,8H2. The molecule has 0 aliphatic heterocycles. The highest BCUT2D eigenvalue weighted by molar-refractivity contribution is 7.99. The Bertz CT molecular complexity index is 229. The topological polar surface area (TPSA) is 53.0 Å². The van der Waals surface area contributed by atoms with E-state index in [1.807, 2.05) is 6.07 Å². The van der Waals surface area contributed by atoms with Gasteiger partial charge in [-0.15, -0.1) is 0 Å². The monoisotopic (exact) mass is 170 g/mol. The zero-order valence-corrected chi connectivity index (χ0v) is 6.88. The van der Waals surface area contributed by atoms with Crippen LogP contribution in [0.4, 0.5) is 0 Å². The Kier molecular flexibility index (Phi) is 3.19. The summed E-state index contributed by atoms with van der Waals surface area (Å²) < 4.78 is 0.848. The highest BCUT2D eigenvalue weighted by Crippen LogP contribution is 2.10. The van der Waals surface area contributed by atoms with Crippen molar-refractivity contribution in [3.05, 3.63) is 29.6 Å². The lowest BCUT2D eigenvalue weighted by molar-refractivity contribution is -0.645. The third-order valence-corrected chi connectivity index (χ3v) is 2.21. The van der Waals surface area contributed by atoms with Gasteiger partial charge < -0.3 is 10.9 Å². The maximum Gasteiger partial charge on any atom is 0.251 e. The predicted molar refractivity (Wildman–Crippen MR) is 45.2 cm³/mol. The van der Waals surface area contributed by atoms with E-state index < -0.39 is 0 Å². The lowest BCUT2D eigenvalue weighted by Gasteiger charge is -2.00. The van der Waals surface area contributed by atoms with Crippen LogP contribution in [0, 0.1) is 5.21 Å². The van der Waals surface area contributed by atoms with Crippen LogP contribution in [0.15, 0.2) is 29.4 Å². The van der Waals surface area contributed by atoms with Crippen molar-refractivity contribution < 1.29 is 4.73 Å². The molecule has 0 atom stereocenters. The van der Waals surface area contributed by atoms with Gasteiger partial charge in [-0.25, -0.2) is 0 Å². The molecule has 0 aliphatic carbocycles. The third-order valence-electron chi connectivity index (χ3n) is 1.16. The van der Waals surface area contributed by atoms with Gasteiger partial charge >= 0.3 is 0 Å². The first kappa shape index (κ1) is 8.36. The summed E-state index contributed by atoms with van der Waals surface area (Å²) in [5.74, 6) is 0.784. The van der Waals surface area contributed by atoms with E-state index in [2.05, 4.69) is 0 Å². The minimum Gasteiger partial charge on any atom is -0.618 e. The van der Waals surface area contributed by atoms with Crippen molar-refractivity contribution in [3.8, 4) is 0 Å². The van der Waals surface area contributed by atoms with Gasteiger partial charge in [-0.2, -0.15) is 4.73 Å². The summed E-state index contributed by atoms with van der Waals surface area (Å²) in [6, 6.07) is 5.33. The summed E-state index contributed by atoms with van der Waals surface area (Å²) in [5, 5.41) is 11.7. The number of aromatic nitrogens is 1. The molecule has 0 fully saturated rings. The van der Waals surface area contributed by atoms with E-state index >= 15 is 0 Å². The van der Waals surface area contributed by atoms with Gasteiger partial charge in [0.2, 0.25) is 0 Å². The van der Waals surface area contributed by atoms with Crippen LogP contribution in [-0.2, 0) is 0 Å². The van der Waals surface area contributed by atoms with Gasteiger partial charge in [0.15, 0.2) is 6.20 Å². The number of thioether (sulfide) groups is 1. The minimum atomic E-state index is 0.597. The molecule has 0 amide bonds. The lowest BCUT2D eigenvalue weighted by atomic mass is 10.5. The van der Waals surface area contributed by atoms with Gasteiger partial charge in [0.05, 0.1) is 0 Å². The smallest absolute Gasteiger partial charge is 0.251 e. The Labute approximate surface area is 69.8 Å². The Balaban J connectivity index is 2.62. The molecular weight excluding hydrogens is 160 g/mol. The average molecular weight is 170 g/mol. The first-order valence-electron chi connectivity index (χ1n) is 3.35. The lowest BCUT2D eigenvalue weighted by Crippen LogP contribution is -2.28. The first-order chi connectivity index (χ1) is 5.34. The highest BCUT2D eigenvalue weighted by Gasteiger charge is 2.01. The van der Waals surface area contributed by atoms with E-state index in [4.69, 9.17) is 5.73 Å². The van der Waals surface area contributed by atoms with Gasteiger partial charge in [0.1, 0.15) is 0 Å². The van der Waals surface area contributed by atoms with Crippen LogP contribution in [0.1, 0.15) is 0 Å². The van der Waals surface area contributed by atoms with Crippen molar-refractivity contribution in [1.29, 1.82) is 0 Å². The quantitative estimate of drug-likeness (QED) is 0.405. The van der Waals surface area contributed by atoms with Crippen molar-refractivity contribution in [3.63, 3.8) is 0 Å². The molecule has 0 aliphatic rings.